The van der Waals surface area contributed by atoms with Gasteiger partial charge in [-0.2, -0.15) is 0 Å². The summed E-state index contributed by atoms with van der Waals surface area (Å²) in [5.74, 6) is 6.10. The normalized spacial score (nSPS) is 12.1. The van der Waals surface area contributed by atoms with Crippen LogP contribution in [-0.2, 0) is 11.3 Å². The highest BCUT2D eigenvalue weighted by molar-refractivity contribution is 5.41. The summed E-state index contributed by atoms with van der Waals surface area (Å²) in [5, 5.41) is 8.77. The summed E-state index contributed by atoms with van der Waals surface area (Å²) in [7, 11) is 3.81. The first kappa shape index (κ1) is 15.7. The lowest BCUT2D eigenvalue weighted by atomic mass is 10.1. The van der Waals surface area contributed by atoms with Crippen molar-refractivity contribution in [3.05, 3.63) is 35.4 Å². The molecule has 1 N–H and O–H groups in total. The van der Waals surface area contributed by atoms with Gasteiger partial charge in [0.1, 0.15) is 0 Å². The minimum absolute atomic E-state index is 0.111. The summed E-state index contributed by atoms with van der Waals surface area (Å²) in [6.45, 7) is 3.81. The zero-order valence-corrected chi connectivity index (χ0v) is 12.0. The Bertz CT molecular complexity index is 434. The van der Waals surface area contributed by atoms with Gasteiger partial charge in [-0.1, -0.05) is 30.0 Å². The fourth-order valence-corrected chi connectivity index (χ4v) is 1.79. The van der Waals surface area contributed by atoms with Gasteiger partial charge in [0.15, 0.2) is 0 Å². The lowest BCUT2D eigenvalue weighted by Gasteiger charge is -2.24. The van der Waals surface area contributed by atoms with Gasteiger partial charge >= 0.3 is 0 Å². The highest BCUT2D eigenvalue weighted by atomic mass is 16.5. The molecule has 0 aliphatic carbocycles. The molecule has 0 spiro atoms. The van der Waals surface area contributed by atoms with E-state index in [1.54, 1.807) is 7.11 Å². The summed E-state index contributed by atoms with van der Waals surface area (Å²) in [6, 6.07) is 8.50. The van der Waals surface area contributed by atoms with Crippen molar-refractivity contribution in [3.8, 4) is 11.8 Å². The second-order valence-electron chi connectivity index (χ2n) is 4.65. The minimum atomic E-state index is 0.111. The van der Waals surface area contributed by atoms with Gasteiger partial charge in [0.05, 0.1) is 13.2 Å². The summed E-state index contributed by atoms with van der Waals surface area (Å²) in [6.07, 6.45) is 0.518. The smallest absolute Gasteiger partial charge is 0.0615 e. The highest BCUT2D eigenvalue weighted by Gasteiger charge is 2.10. The average Bonchev–Trinajstić information content (AvgIpc) is 2.41. The second-order valence-corrected chi connectivity index (χ2v) is 4.65. The molecule has 19 heavy (non-hydrogen) atoms. The van der Waals surface area contributed by atoms with Gasteiger partial charge in [0, 0.05) is 31.7 Å². The number of hydrogen-bond acceptors (Lipinski definition) is 3. The van der Waals surface area contributed by atoms with Gasteiger partial charge in [-0.25, -0.2) is 0 Å². The summed E-state index contributed by atoms with van der Waals surface area (Å²) < 4.78 is 5.17. The van der Waals surface area contributed by atoms with Crippen LogP contribution in [-0.4, -0.2) is 43.4 Å². The van der Waals surface area contributed by atoms with Crippen molar-refractivity contribution in [1.82, 2.24) is 4.90 Å². The van der Waals surface area contributed by atoms with Crippen LogP contribution in [0.1, 0.15) is 24.5 Å². The SMILES string of the molecule is COCC(C)N(C)Cc1ccccc1C#CCCO. The van der Waals surface area contributed by atoms with Gasteiger partial charge in [-0.05, 0) is 25.6 Å². The molecule has 0 aliphatic rings. The molecule has 0 aromatic heterocycles. The number of rotatable bonds is 6. The molecule has 1 aromatic rings. The van der Waals surface area contributed by atoms with Gasteiger partial charge in [-0.15, -0.1) is 0 Å². The molecule has 3 heteroatoms. The van der Waals surface area contributed by atoms with E-state index in [-0.39, 0.29) is 6.61 Å². The van der Waals surface area contributed by atoms with Crippen LogP contribution in [0.15, 0.2) is 24.3 Å². The van der Waals surface area contributed by atoms with E-state index in [0.717, 1.165) is 18.7 Å². The molecule has 1 rings (SSSR count). The fourth-order valence-electron chi connectivity index (χ4n) is 1.79. The Morgan fingerprint density at radius 1 is 1.37 bits per heavy atom. The molecule has 0 saturated carbocycles. The van der Waals surface area contributed by atoms with Crippen molar-refractivity contribution in [1.29, 1.82) is 0 Å². The lowest BCUT2D eigenvalue weighted by molar-refractivity contribution is 0.112. The van der Waals surface area contributed by atoms with Crippen LogP contribution in [0.5, 0.6) is 0 Å². The maximum absolute atomic E-state index is 8.77. The Kier molecular flexibility index (Phi) is 7.20. The maximum Gasteiger partial charge on any atom is 0.0615 e. The number of aliphatic hydroxyl groups excluding tert-OH is 1. The van der Waals surface area contributed by atoms with Crippen LogP contribution < -0.4 is 0 Å². The number of hydrogen-bond donors (Lipinski definition) is 1. The van der Waals surface area contributed by atoms with E-state index in [1.165, 1.54) is 5.56 Å². The summed E-state index contributed by atoms with van der Waals surface area (Å²) >= 11 is 0. The van der Waals surface area contributed by atoms with E-state index in [0.29, 0.717) is 12.5 Å². The average molecular weight is 261 g/mol. The molecular formula is C16H23NO2. The van der Waals surface area contributed by atoms with Crippen molar-refractivity contribution in [2.24, 2.45) is 0 Å². The minimum Gasteiger partial charge on any atom is -0.395 e. The first-order valence-electron chi connectivity index (χ1n) is 6.55. The van der Waals surface area contributed by atoms with E-state index >= 15 is 0 Å². The van der Waals surface area contributed by atoms with Crippen molar-refractivity contribution in [3.63, 3.8) is 0 Å². The molecule has 0 heterocycles. The van der Waals surface area contributed by atoms with Crippen molar-refractivity contribution in [2.45, 2.75) is 25.9 Å². The Hall–Kier alpha value is -1.34. The molecule has 104 valence electrons. The van der Waals surface area contributed by atoms with Crippen molar-refractivity contribution in [2.75, 3.05) is 27.4 Å². The van der Waals surface area contributed by atoms with E-state index in [2.05, 4.69) is 36.8 Å². The number of methoxy groups -OCH3 is 1. The predicted molar refractivity (Wildman–Crippen MR) is 77.8 cm³/mol. The number of aliphatic hydroxyl groups is 1. The molecule has 0 aliphatic heterocycles. The zero-order valence-electron chi connectivity index (χ0n) is 12.0. The van der Waals surface area contributed by atoms with E-state index in [4.69, 9.17) is 9.84 Å². The number of nitrogens with zero attached hydrogens (tertiary/aromatic N) is 1. The van der Waals surface area contributed by atoms with E-state index in [1.807, 2.05) is 18.2 Å². The third-order valence-corrected chi connectivity index (χ3v) is 3.06. The molecule has 0 bridgehead atoms. The van der Waals surface area contributed by atoms with E-state index in [9.17, 15) is 0 Å². The van der Waals surface area contributed by atoms with Gasteiger partial charge < -0.3 is 9.84 Å². The summed E-state index contributed by atoms with van der Waals surface area (Å²) in [4.78, 5) is 2.25. The molecule has 0 fully saturated rings. The van der Waals surface area contributed by atoms with Crippen molar-refractivity contribution < 1.29 is 9.84 Å². The van der Waals surface area contributed by atoms with Crippen molar-refractivity contribution >= 4 is 0 Å². The molecule has 0 amide bonds. The molecule has 1 unspecified atom stereocenters. The van der Waals surface area contributed by atoms with Crippen LogP contribution in [0.2, 0.25) is 0 Å². The molecular weight excluding hydrogens is 238 g/mol. The number of likely N-dealkylation sites (N-methyl/N-ethyl adjacent to an activating group) is 1. The first-order valence-corrected chi connectivity index (χ1v) is 6.55. The topological polar surface area (TPSA) is 32.7 Å². The Morgan fingerprint density at radius 2 is 2.11 bits per heavy atom. The quantitative estimate of drug-likeness (QED) is 0.794. The van der Waals surface area contributed by atoms with Crippen LogP contribution >= 0.6 is 0 Å². The first-order chi connectivity index (χ1) is 9.19. The Balaban J connectivity index is 2.75. The molecule has 0 radical (unpaired) electrons. The highest BCUT2D eigenvalue weighted by Crippen LogP contribution is 2.11. The number of benzene rings is 1. The largest absolute Gasteiger partial charge is 0.395 e. The lowest BCUT2D eigenvalue weighted by Crippen LogP contribution is -2.32. The number of ether oxygens (including phenoxy) is 1. The second kappa shape index (κ2) is 8.71. The molecule has 1 aromatic carbocycles. The van der Waals surface area contributed by atoms with Gasteiger partial charge in [0.2, 0.25) is 0 Å². The molecule has 1 atom stereocenters. The monoisotopic (exact) mass is 261 g/mol. The zero-order chi connectivity index (χ0) is 14.1. The van der Waals surface area contributed by atoms with Crippen LogP contribution in [0.3, 0.4) is 0 Å². The standard InChI is InChI=1S/C16H23NO2/c1-14(13-19-3)17(2)12-16-10-5-4-8-15(16)9-6-7-11-18/h4-5,8,10,14,18H,7,11-13H2,1-3H3. The van der Waals surface area contributed by atoms with Crippen LogP contribution in [0, 0.1) is 11.8 Å². The van der Waals surface area contributed by atoms with Crippen LogP contribution in [0.4, 0.5) is 0 Å². The van der Waals surface area contributed by atoms with Crippen LogP contribution in [0.25, 0.3) is 0 Å². The van der Waals surface area contributed by atoms with Gasteiger partial charge in [-0.3, -0.25) is 4.90 Å². The van der Waals surface area contributed by atoms with E-state index < -0.39 is 0 Å². The Labute approximate surface area is 116 Å². The Morgan fingerprint density at radius 3 is 2.79 bits per heavy atom. The summed E-state index contributed by atoms with van der Waals surface area (Å²) in [5.41, 5.74) is 2.24. The molecule has 0 saturated heterocycles. The molecule has 3 nitrogen and oxygen atoms in total. The van der Waals surface area contributed by atoms with Gasteiger partial charge in [0.25, 0.3) is 0 Å². The maximum atomic E-state index is 8.77. The fraction of sp³-hybridized carbons (Fsp3) is 0.500. The third-order valence-electron chi connectivity index (χ3n) is 3.06. The third kappa shape index (κ3) is 5.44. The predicted octanol–water partition coefficient (Wildman–Crippen LogP) is 1.89.